The van der Waals surface area contributed by atoms with E-state index in [0.29, 0.717) is 17.1 Å². The highest BCUT2D eigenvalue weighted by Crippen LogP contribution is 2.33. The van der Waals surface area contributed by atoms with Gasteiger partial charge in [-0.15, -0.1) is 0 Å². The first-order valence-electron chi connectivity index (χ1n) is 10.8. The Balaban J connectivity index is 1.71. The highest BCUT2D eigenvalue weighted by atomic mass is 32.2. The molecule has 7 heteroatoms. The molecular weight excluding hydrogens is 448 g/mol. The predicted octanol–water partition coefficient (Wildman–Crippen LogP) is 5.30. The topological polar surface area (TPSA) is 75.7 Å². The maximum Gasteiger partial charge on any atom is 0.264 e. The van der Waals surface area contributed by atoms with Gasteiger partial charge in [0.05, 0.1) is 17.7 Å². The van der Waals surface area contributed by atoms with E-state index in [9.17, 15) is 13.2 Å². The maximum atomic E-state index is 13.7. The molecule has 0 unspecified atom stereocenters. The zero-order valence-corrected chi connectivity index (χ0v) is 20.1. The molecule has 0 spiro atoms. The average molecular weight is 475 g/mol. The Kier molecular flexibility index (Phi) is 6.56. The van der Waals surface area contributed by atoms with Crippen LogP contribution in [0.1, 0.15) is 11.1 Å². The van der Waals surface area contributed by atoms with Crippen LogP contribution in [-0.2, 0) is 14.8 Å². The van der Waals surface area contributed by atoms with Crippen molar-refractivity contribution < 1.29 is 17.9 Å². The van der Waals surface area contributed by atoms with Gasteiger partial charge in [-0.3, -0.25) is 9.10 Å². The quantitative estimate of drug-likeness (QED) is 0.394. The minimum atomic E-state index is -4.05. The molecule has 0 saturated carbocycles. The molecule has 0 aliphatic carbocycles. The summed E-state index contributed by atoms with van der Waals surface area (Å²) in [6.07, 6.45) is 0. The molecule has 174 valence electrons. The van der Waals surface area contributed by atoms with Gasteiger partial charge < -0.3 is 10.1 Å². The van der Waals surface area contributed by atoms with Gasteiger partial charge in [-0.05, 0) is 66.6 Å². The molecule has 0 fully saturated rings. The molecule has 4 aromatic rings. The SMILES string of the molecule is COc1ccc(C)cc1N(CC(=O)Nc1ccc2ccccc2c1)S(=O)(=O)c1ccc(C)cc1. The van der Waals surface area contributed by atoms with Crippen LogP contribution in [0.15, 0.2) is 89.8 Å². The second-order valence-electron chi connectivity index (χ2n) is 8.11. The van der Waals surface area contributed by atoms with Crippen molar-refractivity contribution in [1.29, 1.82) is 0 Å². The summed E-state index contributed by atoms with van der Waals surface area (Å²) in [6.45, 7) is 3.33. The number of aryl methyl sites for hydroxylation is 2. The Morgan fingerprint density at radius 2 is 1.53 bits per heavy atom. The fourth-order valence-corrected chi connectivity index (χ4v) is 5.15. The number of sulfonamides is 1. The third-order valence-corrected chi connectivity index (χ3v) is 7.31. The van der Waals surface area contributed by atoms with Gasteiger partial charge in [-0.25, -0.2) is 8.42 Å². The van der Waals surface area contributed by atoms with Gasteiger partial charge in [0.15, 0.2) is 0 Å². The first kappa shape index (κ1) is 23.3. The summed E-state index contributed by atoms with van der Waals surface area (Å²) in [6, 6.07) is 25.2. The lowest BCUT2D eigenvalue weighted by Gasteiger charge is -2.26. The Bertz CT molecular complexity index is 1450. The van der Waals surface area contributed by atoms with Crippen LogP contribution < -0.4 is 14.4 Å². The molecular formula is C27H26N2O4S. The number of anilines is 2. The lowest BCUT2D eigenvalue weighted by Crippen LogP contribution is -2.38. The third kappa shape index (κ3) is 4.89. The molecule has 0 aromatic heterocycles. The number of amides is 1. The van der Waals surface area contributed by atoms with Crippen LogP contribution in [0.3, 0.4) is 0 Å². The molecule has 0 aliphatic rings. The monoisotopic (exact) mass is 474 g/mol. The first-order chi connectivity index (χ1) is 16.3. The molecule has 4 rings (SSSR count). The van der Waals surface area contributed by atoms with Crippen LogP contribution in [0, 0.1) is 13.8 Å². The van der Waals surface area contributed by atoms with E-state index in [0.717, 1.165) is 26.2 Å². The first-order valence-corrected chi connectivity index (χ1v) is 12.2. The van der Waals surface area contributed by atoms with Crippen LogP contribution in [0.4, 0.5) is 11.4 Å². The Morgan fingerprint density at radius 1 is 0.853 bits per heavy atom. The van der Waals surface area contributed by atoms with Crippen molar-refractivity contribution in [1.82, 2.24) is 0 Å². The zero-order chi connectivity index (χ0) is 24.3. The van der Waals surface area contributed by atoms with Gasteiger partial charge in [0, 0.05) is 5.69 Å². The highest BCUT2D eigenvalue weighted by Gasteiger charge is 2.29. The number of carbonyl (C=O) groups is 1. The van der Waals surface area contributed by atoms with Gasteiger partial charge in [-0.1, -0.05) is 54.1 Å². The van der Waals surface area contributed by atoms with E-state index in [-0.39, 0.29) is 4.90 Å². The summed E-state index contributed by atoms with van der Waals surface area (Å²) in [7, 11) is -2.58. The molecule has 0 aliphatic heterocycles. The lowest BCUT2D eigenvalue weighted by atomic mass is 10.1. The molecule has 0 atom stereocenters. The number of rotatable bonds is 7. The van der Waals surface area contributed by atoms with Crippen molar-refractivity contribution in [3.63, 3.8) is 0 Å². The summed E-state index contributed by atoms with van der Waals surface area (Å²) in [4.78, 5) is 13.2. The number of ether oxygens (including phenoxy) is 1. The van der Waals surface area contributed by atoms with Crippen LogP contribution >= 0.6 is 0 Å². The van der Waals surface area contributed by atoms with E-state index in [1.165, 1.54) is 7.11 Å². The largest absolute Gasteiger partial charge is 0.495 e. The molecule has 0 heterocycles. The molecule has 1 N–H and O–H groups in total. The van der Waals surface area contributed by atoms with Crippen molar-refractivity contribution >= 4 is 38.1 Å². The van der Waals surface area contributed by atoms with E-state index >= 15 is 0 Å². The zero-order valence-electron chi connectivity index (χ0n) is 19.3. The van der Waals surface area contributed by atoms with Crippen LogP contribution in [0.2, 0.25) is 0 Å². The smallest absolute Gasteiger partial charge is 0.264 e. The Morgan fingerprint density at radius 3 is 2.24 bits per heavy atom. The Hall–Kier alpha value is -3.84. The van der Waals surface area contributed by atoms with Gasteiger partial charge in [-0.2, -0.15) is 0 Å². The van der Waals surface area contributed by atoms with E-state index in [1.807, 2.05) is 56.3 Å². The van der Waals surface area contributed by atoms with Crippen molar-refractivity contribution in [3.8, 4) is 5.75 Å². The summed E-state index contributed by atoms with van der Waals surface area (Å²) >= 11 is 0. The highest BCUT2D eigenvalue weighted by molar-refractivity contribution is 7.92. The van der Waals surface area contributed by atoms with Gasteiger partial charge in [0.25, 0.3) is 10.0 Å². The molecule has 0 saturated heterocycles. The van der Waals surface area contributed by atoms with Crippen LogP contribution in [-0.4, -0.2) is 28.0 Å². The maximum absolute atomic E-state index is 13.7. The number of carbonyl (C=O) groups excluding carboxylic acids is 1. The second kappa shape index (κ2) is 9.57. The number of nitrogens with one attached hydrogen (secondary N) is 1. The van der Waals surface area contributed by atoms with Crippen molar-refractivity contribution in [2.24, 2.45) is 0 Å². The normalized spacial score (nSPS) is 11.3. The fourth-order valence-electron chi connectivity index (χ4n) is 3.73. The number of methoxy groups -OCH3 is 1. The lowest BCUT2D eigenvalue weighted by molar-refractivity contribution is -0.114. The molecule has 6 nitrogen and oxygen atoms in total. The molecule has 1 amide bonds. The van der Waals surface area contributed by atoms with E-state index in [4.69, 9.17) is 4.74 Å². The minimum absolute atomic E-state index is 0.0974. The van der Waals surface area contributed by atoms with Gasteiger partial charge in [0.2, 0.25) is 5.91 Å². The van der Waals surface area contributed by atoms with Crippen LogP contribution in [0.25, 0.3) is 10.8 Å². The third-order valence-electron chi connectivity index (χ3n) is 5.53. The number of nitrogens with zero attached hydrogens (tertiary/aromatic N) is 1. The average Bonchev–Trinajstić information content (AvgIpc) is 2.82. The predicted molar refractivity (Wildman–Crippen MR) is 136 cm³/mol. The molecule has 0 bridgehead atoms. The van der Waals surface area contributed by atoms with Crippen molar-refractivity contribution in [2.45, 2.75) is 18.7 Å². The number of hydrogen-bond acceptors (Lipinski definition) is 4. The number of hydrogen-bond donors (Lipinski definition) is 1. The standard InChI is InChI=1S/C27H26N2O4S/c1-19-8-13-24(14-9-19)34(31,32)29(25-16-20(2)10-15-26(25)33-3)18-27(30)28-23-12-11-21-6-4-5-7-22(21)17-23/h4-17H,18H2,1-3H3,(H,28,30). The Labute approximate surface area is 199 Å². The van der Waals surface area contributed by atoms with Crippen molar-refractivity contribution in [3.05, 3.63) is 96.1 Å². The van der Waals surface area contributed by atoms with E-state index < -0.39 is 22.5 Å². The summed E-state index contributed by atoms with van der Waals surface area (Å²) in [5.41, 5.74) is 2.67. The van der Waals surface area contributed by atoms with E-state index in [2.05, 4.69) is 5.32 Å². The summed E-state index contributed by atoms with van der Waals surface area (Å²) < 4.78 is 33.9. The number of benzene rings is 4. The molecule has 4 aromatic carbocycles. The number of fused-ring (bicyclic) bond motifs is 1. The van der Waals surface area contributed by atoms with Gasteiger partial charge in [0.1, 0.15) is 12.3 Å². The summed E-state index contributed by atoms with van der Waals surface area (Å²) in [5, 5.41) is 4.86. The van der Waals surface area contributed by atoms with E-state index in [1.54, 1.807) is 42.5 Å². The van der Waals surface area contributed by atoms with Crippen LogP contribution in [0.5, 0.6) is 5.75 Å². The minimum Gasteiger partial charge on any atom is -0.495 e. The van der Waals surface area contributed by atoms with Crippen molar-refractivity contribution in [2.75, 3.05) is 23.3 Å². The fraction of sp³-hybridized carbons (Fsp3) is 0.148. The molecule has 0 radical (unpaired) electrons. The summed E-state index contributed by atoms with van der Waals surface area (Å²) in [5.74, 6) is -0.102. The molecule has 34 heavy (non-hydrogen) atoms. The van der Waals surface area contributed by atoms with Gasteiger partial charge >= 0.3 is 0 Å². The second-order valence-corrected chi connectivity index (χ2v) is 9.97.